The minimum atomic E-state index is -2.71. The molecular formula is C9H16F2OS. The highest BCUT2D eigenvalue weighted by molar-refractivity contribution is 8.00. The molecule has 1 heterocycles. The van der Waals surface area contributed by atoms with E-state index in [0.717, 1.165) is 5.75 Å². The number of aliphatic hydroxyl groups excluding tert-OH is 1. The third kappa shape index (κ3) is 2.34. The predicted octanol–water partition coefficient (Wildman–Crippen LogP) is 2.54. The molecule has 0 aromatic heterocycles. The van der Waals surface area contributed by atoms with Crippen molar-refractivity contribution in [3.05, 3.63) is 0 Å². The molecule has 1 aliphatic rings. The highest BCUT2D eigenvalue weighted by atomic mass is 32.2. The standard InChI is InChI=1S/C9H16F2OS/c1-8(2)7(3-6-13-8)9(10,11)4-5-12/h7,12H,3-6H2,1-2H3. The van der Waals surface area contributed by atoms with Gasteiger partial charge in [-0.1, -0.05) is 13.8 Å². The van der Waals surface area contributed by atoms with Crippen LogP contribution in [0.5, 0.6) is 0 Å². The van der Waals surface area contributed by atoms with Gasteiger partial charge in [0, 0.05) is 23.7 Å². The van der Waals surface area contributed by atoms with E-state index in [1.54, 1.807) is 11.8 Å². The molecule has 0 aromatic rings. The maximum absolute atomic E-state index is 13.5. The zero-order valence-electron chi connectivity index (χ0n) is 8.02. The second kappa shape index (κ2) is 3.73. The van der Waals surface area contributed by atoms with Gasteiger partial charge in [-0.25, -0.2) is 8.78 Å². The average molecular weight is 210 g/mol. The van der Waals surface area contributed by atoms with Gasteiger partial charge in [0.15, 0.2) is 0 Å². The molecule has 4 heteroatoms. The van der Waals surface area contributed by atoms with E-state index in [4.69, 9.17) is 5.11 Å². The first kappa shape index (κ1) is 11.2. The van der Waals surface area contributed by atoms with Crippen molar-refractivity contribution in [1.82, 2.24) is 0 Å². The zero-order valence-corrected chi connectivity index (χ0v) is 8.83. The van der Waals surface area contributed by atoms with Gasteiger partial charge in [-0.3, -0.25) is 0 Å². The van der Waals surface area contributed by atoms with Gasteiger partial charge in [-0.15, -0.1) is 0 Å². The van der Waals surface area contributed by atoms with Crippen LogP contribution in [0.4, 0.5) is 8.78 Å². The summed E-state index contributed by atoms with van der Waals surface area (Å²) < 4.78 is 26.6. The van der Waals surface area contributed by atoms with Crippen LogP contribution in [-0.2, 0) is 0 Å². The third-order valence-corrected chi connectivity index (χ3v) is 4.14. The number of hydrogen-bond donors (Lipinski definition) is 1. The molecule has 0 spiro atoms. The largest absolute Gasteiger partial charge is 0.396 e. The Bertz CT molecular complexity index is 182. The summed E-state index contributed by atoms with van der Waals surface area (Å²) >= 11 is 1.60. The molecule has 0 aliphatic carbocycles. The minimum Gasteiger partial charge on any atom is -0.396 e. The Kier molecular flexibility index (Phi) is 3.23. The highest BCUT2D eigenvalue weighted by Crippen LogP contribution is 2.50. The molecule has 1 aliphatic heterocycles. The second-order valence-electron chi connectivity index (χ2n) is 4.03. The van der Waals surface area contributed by atoms with Gasteiger partial charge in [0.05, 0.1) is 0 Å². The van der Waals surface area contributed by atoms with Gasteiger partial charge in [-0.2, -0.15) is 11.8 Å². The van der Waals surface area contributed by atoms with E-state index in [2.05, 4.69) is 0 Å². The lowest BCUT2D eigenvalue weighted by atomic mass is 9.85. The minimum absolute atomic E-state index is 0.349. The van der Waals surface area contributed by atoms with Crippen LogP contribution in [0.3, 0.4) is 0 Å². The van der Waals surface area contributed by atoms with Crippen LogP contribution in [0.25, 0.3) is 0 Å². The fraction of sp³-hybridized carbons (Fsp3) is 1.00. The number of hydrogen-bond acceptors (Lipinski definition) is 2. The molecule has 1 rings (SSSR count). The quantitative estimate of drug-likeness (QED) is 0.772. The van der Waals surface area contributed by atoms with E-state index in [9.17, 15) is 8.78 Å². The monoisotopic (exact) mass is 210 g/mol. The number of rotatable bonds is 3. The van der Waals surface area contributed by atoms with Crippen LogP contribution in [0.2, 0.25) is 0 Å². The lowest BCUT2D eigenvalue weighted by Crippen LogP contribution is -2.39. The molecule has 78 valence electrons. The number of alkyl halides is 2. The van der Waals surface area contributed by atoms with Crippen LogP contribution in [0, 0.1) is 5.92 Å². The summed E-state index contributed by atoms with van der Waals surface area (Å²) in [6, 6.07) is 0. The van der Waals surface area contributed by atoms with Gasteiger partial charge >= 0.3 is 0 Å². The highest BCUT2D eigenvalue weighted by Gasteiger charge is 2.50. The smallest absolute Gasteiger partial charge is 0.254 e. The second-order valence-corrected chi connectivity index (χ2v) is 5.78. The van der Waals surface area contributed by atoms with E-state index in [0.29, 0.717) is 6.42 Å². The van der Waals surface area contributed by atoms with E-state index in [1.165, 1.54) is 0 Å². The molecular weight excluding hydrogens is 194 g/mol. The van der Waals surface area contributed by atoms with Crippen LogP contribution in [0.15, 0.2) is 0 Å². The number of halogens is 2. The Morgan fingerprint density at radius 2 is 2.15 bits per heavy atom. The van der Waals surface area contributed by atoms with Crippen molar-refractivity contribution in [3.8, 4) is 0 Å². The van der Waals surface area contributed by atoms with Gasteiger partial charge in [-0.05, 0) is 12.2 Å². The molecule has 1 fully saturated rings. The van der Waals surface area contributed by atoms with Crippen LogP contribution >= 0.6 is 11.8 Å². The van der Waals surface area contributed by atoms with Gasteiger partial charge in [0.25, 0.3) is 5.92 Å². The topological polar surface area (TPSA) is 20.2 Å². The van der Waals surface area contributed by atoms with Crippen molar-refractivity contribution < 1.29 is 13.9 Å². The van der Waals surface area contributed by atoms with Crippen molar-refractivity contribution in [2.24, 2.45) is 5.92 Å². The van der Waals surface area contributed by atoms with Crippen molar-refractivity contribution in [2.45, 2.75) is 37.4 Å². The lowest BCUT2D eigenvalue weighted by Gasteiger charge is -2.32. The Morgan fingerprint density at radius 1 is 1.54 bits per heavy atom. The molecule has 1 saturated heterocycles. The van der Waals surface area contributed by atoms with Gasteiger partial charge in [0.1, 0.15) is 0 Å². The summed E-state index contributed by atoms with van der Waals surface area (Å²) in [4.78, 5) is 0. The molecule has 1 nitrogen and oxygen atoms in total. The first-order chi connectivity index (χ1) is 5.90. The Morgan fingerprint density at radius 3 is 2.54 bits per heavy atom. The van der Waals surface area contributed by atoms with Crippen molar-refractivity contribution in [1.29, 1.82) is 0 Å². The summed E-state index contributed by atoms with van der Waals surface area (Å²) in [5.74, 6) is -2.49. The van der Waals surface area contributed by atoms with Crippen molar-refractivity contribution >= 4 is 11.8 Å². The van der Waals surface area contributed by atoms with Gasteiger partial charge < -0.3 is 5.11 Å². The number of thioether (sulfide) groups is 1. The maximum Gasteiger partial charge on any atom is 0.254 e. The molecule has 0 amide bonds. The first-order valence-corrected chi connectivity index (χ1v) is 5.51. The van der Waals surface area contributed by atoms with Crippen LogP contribution < -0.4 is 0 Å². The fourth-order valence-corrected chi connectivity index (χ4v) is 3.30. The molecule has 13 heavy (non-hydrogen) atoms. The van der Waals surface area contributed by atoms with Crippen LogP contribution in [-0.4, -0.2) is 28.1 Å². The van der Waals surface area contributed by atoms with Crippen molar-refractivity contribution in [3.63, 3.8) is 0 Å². The molecule has 0 aromatic carbocycles. The summed E-state index contributed by atoms with van der Waals surface area (Å²) in [6.45, 7) is 3.30. The Hall–Kier alpha value is 0.170. The van der Waals surface area contributed by atoms with E-state index in [1.807, 2.05) is 13.8 Å². The Labute approximate surface area is 81.9 Å². The average Bonchev–Trinajstić information content (AvgIpc) is 2.29. The maximum atomic E-state index is 13.5. The summed E-state index contributed by atoms with van der Waals surface area (Å²) in [5, 5.41) is 8.55. The molecule has 0 bridgehead atoms. The molecule has 1 atom stereocenters. The first-order valence-electron chi connectivity index (χ1n) is 4.53. The molecule has 0 radical (unpaired) electrons. The van der Waals surface area contributed by atoms with E-state index < -0.39 is 24.9 Å². The summed E-state index contributed by atoms with van der Waals surface area (Å²) in [5.41, 5.74) is 0. The van der Waals surface area contributed by atoms with E-state index in [-0.39, 0.29) is 4.75 Å². The van der Waals surface area contributed by atoms with E-state index >= 15 is 0 Å². The summed E-state index contributed by atoms with van der Waals surface area (Å²) in [6.07, 6.45) is 0.159. The van der Waals surface area contributed by atoms with Crippen molar-refractivity contribution in [2.75, 3.05) is 12.4 Å². The van der Waals surface area contributed by atoms with Crippen LogP contribution in [0.1, 0.15) is 26.7 Å². The summed E-state index contributed by atoms with van der Waals surface area (Å²) in [7, 11) is 0. The normalized spacial score (nSPS) is 27.9. The Balaban J connectivity index is 2.69. The molecule has 1 N–H and O–H groups in total. The fourth-order valence-electron chi connectivity index (χ4n) is 1.93. The molecule has 1 unspecified atom stereocenters. The SMILES string of the molecule is CC1(C)SCCC1C(F)(F)CCO. The number of aliphatic hydroxyl groups is 1. The zero-order chi connectivity index (χ0) is 10.1. The van der Waals surface area contributed by atoms with Gasteiger partial charge in [0.2, 0.25) is 0 Å². The predicted molar refractivity (Wildman–Crippen MR) is 51.3 cm³/mol. The third-order valence-electron chi connectivity index (χ3n) is 2.67. The lowest BCUT2D eigenvalue weighted by molar-refractivity contribution is -0.0821. The molecule has 0 saturated carbocycles.